The zero-order valence-corrected chi connectivity index (χ0v) is 8.77. The molecule has 0 bridgehead atoms. The molecular weight excluding hydrogens is 192 g/mol. The summed E-state index contributed by atoms with van der Waals surface area (Å²) in [6.45, 7) is 6.93. The highest BCUT2D eigenvalue weighted by molar-refractivity contribution is 9.11. The molecule has 0 aliphatic rings. The zero-order valence-electron chi connectivity index (χ0n) is 6.19. The molecule has 0 unspecified atom stereocenters. The monoisotopic (exact) mass is 204 g/mol. The Labute approximate surface area is 66.8 Å². The van der Waals surface area contributed by atoms with Gasteiger partial charge in [0.2, 0.25) is 0 Å². The predicted molar refractivity (Wildman–Crippen MR) is 50.6 cm³/mol. The molecule has 0 N–H and O–H groups in total. The second kappa shape index (κ2) is 4.07. The molecule has 0 aliphatic heterocycles. The van der Waals surface area contributed by atoms with E-state index in [9.17, 15) is 0 Å². The van der Waals surface area contributed by atoms with Crippen molar-refractivity contribution in [2.45, 2.75) is 19.6 Å². The molecule has 0 aromatic carbocycles. The van der Waals surface area contributed by atoms with Crippen molar-refractivity contribution in [3.63, 3.8) is 0 Å². The lowest BCUT2D eigenvalue weighted by Gasteiger charge is -2.06. The number of halogens is 1. The van der Waals surface area contributed by atoms with Crippen molar-refractivity contribution in [1.82, 2.24) is 0 Å². The van der Waals surface area contributed by atoms with Gasteiger partial charge in [0.05, 0.1) is 8.07 Å². The summed E-state index contributed by atoms with van der Waals surface area (Å²) in [5.41, 5.74) is 2.30. The van der Waals surface area contributed by atoms with Gasteiger partial charge >= 0.3 is 0 Å². The average molecular weight is 205 g/mol. The Kier molecular flexibility index (Phi) is 4.15. The quantitative estimate of drug-likeness (QED) is 0.479. The van der Waals surface area contributed by atoms with Gasteiger partial charge in [0.25, 0.3) is 0 Å². The summed E-state index contributed by atoms with van der Waals surface area (Å²) in [6.07, 6.45) is 4.10. The topological polar surface area (TPSA) is 0 Å². The van der Waals surface area contributed by atoms with E-state index in [0.717, 1.165) is 0 Å². The van der Waals surface area contributed by atoms with Crippen LogP contribution in [0.2, 0.25) is 19.6 Å². The normalized spacial score (nSPS) is 13.8. The van der Waals surface area contributed by atoms with Crippen LogP contribution in [0.4, 0.5) is 0 Å². The van der Waals surface area contributed by atoms with Gasteiger partial charge in [0.1, 0.15) is 0 Å². The summed E-state index contributed by atoms with van der Waals surface area (Å²) < 4.78 is 0. The minimum absolute atomic E-state index is 0.947. The van der Waals surface area contributed by atoms with E-state index in [1.165, 1.54) is 0 Å². The number of rotatable bonds is 2. The maximum Gasteiger partial charge on any atom is 0.0687 e. The molecule has 0 aromatic heterocycles. The molecule has 0 saturated heterocycles. The SMILES string of the molecule is C[Si](C)(C)/C=C/C=C\Br. The molecule has 52 valence electrons. The van der Waals surface area contributed by atoms with E-state index in [1.54, 1.807) is 0 Å². The molecule has 0 nitrogen and oxygen atoms in total. The Morgan fingerprint density at radius 1 is 1.11 bits per heavy atom. The van der Waals surface area contributed by atoms with Gasteiger partial charge in [0.15, 0.2) is 0 Å². The molecular formula is C7H13BrSi. The first-order chi connectivity index (χ1) is 4.06. The van der Waals surface area contributed by atoms with Crippen LogP contribution < -0.4 is 0 Å². The lowest BCUT2D eigenvalue weighted by molar-refractivity contribution is 1.76. The van der Waals surface area contributed by atoms with Crippen LogP contribution >= 0.6 is 15.9 Å². The molecule has 0 saturated carbocycles. The van der Waals surface area contributed by atoms with E-state index >= 15 is 0 Å². The van der Waals surface area contributed by atoms with Crippen molar-refractivity contribution in [3.8, 4) is 0 Å². The lowest BCUT2D eigenvalue weighted by atomic mass is 10.6. The Balaban J connectivity index is 3.71. The molecule has 9 heavy (non-hydrogen) atoms. The van der Waals surface area contributed by atoms with Crippen molar-refractivity contribution in [2.75, 3.05) is 0 Å². The van der Waals surface area contributed by atoms with Gasteiger partial charge in [-0.05, 0) is 4.99 Å². The van der Waals surface area contributed by atoms with Gasteiger partial charge in [-0.3, -0.25) is 0 Å². The Morgan fingerprint density at radius 3 is 2.00 bits per heavy atom. The fraction of sp³-hybridized carbons (Fsp3) is 0.429. The van der Waals surface area contributed by atoms with Gasteiger partial charge < -0.3 is 0 Å². The van der Waals surface area contributed by atoms with Crippen LogP contribution in [0, 0.1) is 0 Å². The van der Waals surface area contributed by atoms with E-state index in [-0.39, 0.29) is 0 Å². The van der Waals surface area contributed by atoms with Gasteiger partial charge in [-0.15, -0.1) is 0 Å². The van der Waals surface area contributed by atoms with Crippen molar-refractivity contribution >= 4 is 24.0 Å². The molecule has 0 amide bonds. The maximum absolute atomic E-state index is 3.20. The minimum Gasteiger partial charge on any atom is -0.0950 e. The second-order valence-electron chi connectivity index (χ2n) is 3.04. The molecule has 0 aliphatic carbocycles. The third kappa shape index (κ3) is 8.18. The van der Waals surface area contributed by atoms with E-state index in [0.29, 0.717) is 0 Å². The van der Waals surface area contributed by atoms with E-state index in [4.69, 9.17) is 0 Å². The first-order valence-electron chi connectivity index (χ1n) is 3.01. The van der Waals surface area contributed by atoms with Crippen LogP contribution in [-0.2, 0) is 0 Å². The third-order valence-electron chi connectivity index (χ3n) is 0.780. The number of hydrogen-bond acceptors (Lipinski definition) is 0. The Morgan fingerprint density at radius 2 is 1.67 bits per heavy atom. The molecule has 0 atom stereocenters. The molecule has 0 radical (unpaired) electrons. The van der Waals surface area contributed by atoms with Crippen molar-refractivity contribution in [1.29, 1.82) is 0 Å². The van der Waals surface area contributed by atoms with E-state index < -0.39 is 8.07 Å². The van der Waals surface area contributed by atoms with Crippen LogP contribution in [0.15, 0.2) is 22.8 Å². The van der Waals surface area contributed by atoms with E-state index in [1.807, 2.05) is 11.1 Å². The molecule has 0 spiro atoms. The van der Waals surface area contributed by atoms with Crippen molar-refractivity contribution < 1.29 is 0 Å². The summed E-state index contributed by atoms with van der Waals surface area (Å²) in [7, 11) is -0.947. The van der Waals surface area contributed by atoms with Crippen LogP contribution in [0.3, 0.4) is 0 Å². The first kappa shape index (κ1) is 9.18. The van der Waals surface area contributed by atoms with Crippen molar-refractivity contribution in [3.05, 3.63) is 22.8 Å². The molecule has 0 rings (SSSR count). The fourth-order valence-electron chi connectivity index (χ4n) is 0.386. The second-order valence-corrected chi connectivity index (χ2v) is 8.64. The summed E-state index contributed by atoms with van der Waals surface area (Å²) in [5, 5.41) is 0. The van der Waals surface area contributed by atoms with Gasteiger partial charge in [-0.25, -0.2) is 0 Å². The summed E-state index contributed by atoms with van der Waals surface area (Å²) in [4.78, 5) is 1.86. The zero-order chi connectivity index (χ0) is 7.33. The van der Waals surface area contributed by atoms with E-state index in [2.05, 4.69) is 47.3 Å². The largest absolute Gasteiger partial charge is 0.0950 e. The van der Waals surface area contributed by atoms with Gasteiger partial charge in [-0.1, -0.05) is 53.4 Å². The lowest BCUT2D eigenvalue weighted by Crippen LogP contribution is -2.14. The standard InChI is InChI=1S/C7H13BrSi/c1-9(2,3)7-5-4-6-8/h4-7H,1-3H3/b6-4-,7-5+. The summed E-state index contributed by atoms with van der Waals surface area (Å²) >= 11 is 3.20. The van der Waals surface area contributed by atoms with Crippen LogP contribution in [0.1, 0.15) is 0 Å². The molecule has 2 heteroatoms. The number of allylic oxidation sites excluding steroid dienone is 2. The highest BCUT2D eigenvalue weighted by Gasteiger charge is 2.05. The van der Waals surface area contributed by atoms with Crippen LogP contribution in [0.5, 0.6) is 0 Å². The summed E-state index contributed by atoms with van der Waals surface area (Å²) in [6, 6.07) is 0. The average Bonchev–Trinajstić information content (AvgIpc) is 1.63. The highest BCUT2D eigenvalue weighted by Crippen LogP contribution is 2.01. The van der Waals surface area contributed by atoms with Crippen molar-refractivity contribution in [2.24, 2.45) is 0 Å². The molecule has 0 aromatic rings. The van der Waals surface area contributed by atoms with Gasteiger partial charge in [0, 0.05) is 0 Å². The molecule has 0 heterocycles. The Hall–Kier alpha value is 0.177. The number of hydrogen-bond donors (Lipinski definition) is 0. The van der Waals surface area contributed by atoms with Gasteiger partial charge in [-0.2, -0.15) is 0 Å². The first-order valence-corrected chi connectivity index (χ1v) is 7.50. The predicted octanol–water partition coefficient (Wildman–Crippen LogP) is 3.33. The summed E-state index contributed by atoms with van der Waals surface area (Å²) in [5.74, 6) is 0. The Bertz CT molecular complexity index is 119. The smallest absolute Gasteiger partial charge is 0.0687 e. The minimum atomic E-state index is -0.947. The third-order valence-corrected chi connectivity index (χ3v) is 2.28. The van der Waals surface area contributed by atoms with Crippen LogP contribution in [0.25, 0.3) is 0 Å². The highest BCUT2D eigenvalue weighted by atomic mass is 79.9. The fourth-order valence-corrected chi connectivity index (χ4v) is 1.25. The molecule has 0 fully saturated rings. The maximum atomic E-state index is 3.20. The van der Waals surface area contributed by atoms with Crippen LogP contribution in [-0.4, -0.2) is 8.07 Å².